The second-order valence-electron chi connectivity index (χ2n) is 3.02. The highest BCUT2D eigenvalue weighted by atomic mass is 35.5. The predicted octanol–water partition coefficient (Wildman–Crippen LogP) is 3.67. The molecule has 0 aromatic carbocycles. The summed E-state index contributed by atoms with van der Waals surface area (Å²) in [6.07, 6.45) is 8.35. The molecule has 0 radical (unpaired) electrons. The van der Waals surface area contributed by atoms with Gasteiger partial charge >= 0.3 is 0 Å². The van der Waals surface area contributed by atoms with Crippen molar-refractivity contribution >= 4 is 17.4 Å². The van der Waals surface area contributed by atoms with E-state index in [-0.39, 0.29) is 0 Å². The molecule has 0 saturated heterocycles. The van der Waals surface area contributed by atoms with Crippen LogP contribution in [0, 0.1) is 0 Å². The Kier molecular flexibility index (Phi) is 8.57. The number of rotatable bonds is 7. The van der Waals surface area contributed by atoms with Gasteiger partial charge in [-0.15, -0.1) is 0 Å². The number of unbranched alkanes of at least 4 members (excludes halogenated alkanes) is 4. The van der Waals surface area contributed by atoms with Gasteiger partial charge in [0.2, 0.25) is 0 Å². The fraction of sp³-hybridized carbons (Fsp3) is 0.700. The molecule has 12 heavy (non-hydrogen) atoms. The van der Waals surface area contributed by atoms with Crippen molar-refractivity contribution in [1.82, 2.24) is 0 Å². The number of hydrogen-bond acceptors (Lipinski definition) is 1. The Balaban J connectivity index is 2.96. The van der Waals surface area contributed by atoms with Crippen LogP contribution in [0.4, 0.5) is 0 Å². The third-order valence-electron chi connectivity index (χ3n) is 1.74. The molecule has 0 amide bonds. The van der Waals surface area contributed by atoms with E-state index in [1.807, 2.05) is 6.08 Å². The zero-order chi connectivity index (χ0) is 9.23. The summed E-state index contributed by atoms with van der Waals surface area (Å²) in [5.74, 6) is 0.302. The number of Topliss-reactive ketones (excluding diaryl/α,β-unsaturated/α-hetero) is 1. The first kappa shape index (κ1) is 11.7. The number of carbonyl (C=O) groups is 1. The van der Waals surface area contributed by atoms with Gasteiger partial charge in [0.1, 0.15) is 5.78 Å². The van der Waals surface area contributed by atoms with Crippen LogP contribution in [0.3, 0.4) is 0 Å². The third kappa shape index (κ3) is 9.70. The highest BCUT2D eigenvalue weighted by Crippen LogP contribution is 2.06. The van der Waals surface area contributed by atoms with Crippen molar-refractivity contribution in [3.63, 3.8) is 0 Å². The third-order valence-corrected chi connectivity index (χ3v) is 1.92. The lowest BCUT2D eigenvalue weighted by atomic mass is 10.1. The van der Waals surface area contributed by atoms with Gasteiger partial charge in [0.15, 0.2) is 0 Å². The topological polar surface area (TPSA) is 17.1 Å². The smallest absolute Gasteiger partial charge is 0.129 e. The summed E-state index contributed by atoms with van der Waals surface area (Å²) in [7, 11) is 0. The van der Waals surface area contributed by atoms with Crippen LogP contribution in [0.2, 0.25) is 0 Å². The molecule has 2 heteroatoms. The first-order valence-corrected chi connectivity index (χ1v) is 4.95. The SMILES string of the molecule is CC(=O)CCCCCCC=CCl. The highest BCUT2D eigenvalue weighted by Gasteiger charge is 1.92. The Labute approximate surface area is 79.8 Å². The van der Waals surface area contributed by atoms with Gasteiger partial charge in [-0.3, -0.25) is 0 Å². The van der Waals surface area contributed by atoms with Crippen LogP contribution in [0.25, 0.3) is 0 Å². The largest absolute Gasteiger partial charge is 0.300 e. The van der Waals surface area contributed by atoms with Crippen molar-refractivity contribution in [1.29, 1.82) is 0 Å². The van der Waals surface area contributed by atoms with Gasteiger partial charge in [-0.2, -0.15) is 0 Å². The van der Waals surface area contributed by atoms with E-state index in [9.17, 15) is 4.79 Å². The van der Waals surface area contributed by atoms with E-state index >= 15 is 0 Å². The van der Waals surface area contributed by atoms with Crippen molar-refractivity contribution in [2.75, 3.05) is 0 Å². The molecular formula is C10H17ClO. The lowest BCUT2D eigenvalue weighted by molar-refractivity contribution is -0.117. The molecule has 0 N–H and O–H groups in total. The van der Waals surface area contributed by atoms with Crippen molar-refractivity contribution in [3.05, 3.63) is 11.6 Å². The van der Waals surface area contributed by atoms with Gasteiger partial charge in [-0.05, 0) is 26.2 Å². The molecule has 0 unspecified atom stereocenters. The summed E-state index contributed by atoms with van der Waals surface area (Å²) >= 11 is 5.36. The van der Waals surface area contributed by atoms with Crippen LogP contribution in [0.15, 0.2) is 11.6 Å². The average Bonchev–Trinajstić information content (AvgIpc) is 2.02. The van der Waals surface area contributed by atoms with Crippen LogP contribution in [0.1, 0.15) is 45.4 Å². The van der Waals surface area contributed by atoms with E-state index in [0.29, 0.717) is 5.78 Å². The Morgan fingerprint density at radius 2 is 1.92 bits per heavy atom. The molecular weight excluding hydrogens is 172 g/mol. The molecule has 0 fully saturated rings. The second kappa shape index (κ2) is 8.79. The van der Waals surface area contributed by atoms with Crippen molar-refractivity contribution in [2.45, 2.75) is 45.4 Å². The maximum atomic E-state index is 10.6. The van der Waals surface area contributed by atoms with E-state index in [2.05, 4.69) is 0 Å². The fourth-order valence-electron chi connectivity index (χ4n) is 1.05. The van der Waals surface area contributed by atoms with Gasteiger partial charge in [0.05, 0.1) is 0 Å². The van der Waals surface area contributed by atoms with Gasteiger partial charge in [-0.25, -0.2) is 0 Å². The number of halogens is 1. The van der Waals surface area contributed by atoms with E-state index in [1.54, 1.807) is 12.5 Å². The molecule has 0 spiro atoms. The lowest BCUT2D eigenvalue weighted by Crippen LogP contribution is -1.88. The van der Waals surface area contributed by atoms with E-state index in [1.165, 1.54) is 12.8 Å². The number of carbonyl (C=O) groups excluding carboxylic acids is 1. The molecule has 0 aliphatic carbocycles. The maximum absolute atomic E-state index is 10.6. The Bertz CT molecular complexity index is 141. The minimum absolute atomic E-state index is 0.302. The summed E-state index contributed by atoms with van der Waals surface area (Å²) < 4.78 is 0. The van der Waals surface area contributed by atoms with Gasteiger partial charge in [0.25, 0.3) is 0 Å². The number of allylic oxidation sites excluding steroid dienone is 1. The maximum Gasteiger partial charge on any atom is 0.129 e. The van der Waals surface area contributed by atoms with E-state index in [4.69, 9.17) is 11.6 Å². The summed E-state index contributed by atoms with van der Waals surface area (Å²) in [5.41, 5.74) is 1.57. The molecule has 0 aromatic rings. The average molecular weight is 189 g/mol. The zero-order valence-corrected chi connectivity index (χ0v) is 8.44. The van der Waals surface area contributed by atoms with Crippen molar-refractivity contribution in [3.8, 4) is 0 Å². The Morgan fingerprint density at radius 1 is 1.25 bits per heavy atom. The van der Waals surface area contributed by atoms with Gasteiger partial charge in [0, 0.05) is 12.0 Å². The molecule has 0 atom stereocenters. The van der Waals surface area contributed by atoms with E-state index in [0.717, 1.165) is 25.7 Å². The lowest BCUT2D eigenvalue weighted by Gasteiger charge is -1.96. The Hall–Kier alpha value is -0.300. The minimum Gasteiger partial charge on any atom is -0.300 e. The first-order chi connectivity index (χ1) is 5.77. The molecule has 0 heterocycles. The first-order valence-electron chi connectivity index (χ1n) is 4.52. The zero-order valence-electron chi connectivity index (χ0n) is 7.68. The highest BCUT2D eigenvalue weighted by molar-refractivity contribution is 6.25. The molecule has 0 bridgehead atoms. The number of hydrogen-bond donors (Lipinski definition) is 0. The molecule has 0 aliphatic heterocycles. The molecule has 1 nitrogen and oxygen atoms in total. The van der Waals surface area contributed by atoms with Crippen LogP contribution in [0.5, 0.6) is 0 Å². The number of ketones is 1. The van der Waals surface area contributed by atoms with Crippen LogP contribution >= 0.6 is 11.6 Å². The summed E-state index contributed by atoms with van der Waals surface area (Å²) in [5, 5.41) is 0. The quantitative estimate of drug-likeness (QED) is 0.558. The summed E-state index contributed by atoms with van der Waals surface area (Å²) in [6.45, 7) is 1.65. The molecule has 0 rings (SSSR count). The Morgan fingerprint density at radius 3 is 2.50 bits per heavy atom. The molecule has 70 valence electrons. The minimum atomic E-state index is 0.302. The molecule has 0 saturated carbocycles. The summed E-state index contributed by atoms with van der Waals surface area (Å²) in [4.78, 5) is 10.6. The van der Waals surface area contributed by atoms with Crippen molar-refractivity contribution in [2.24, 2.45) is 0 Å². The predicted molar refractivity (Wildman–Crippen MR) is 53.4 cm³/mol. The van der Waals surface area contributed by atoms with E-state index < -0.39 is 0 Å². The second-order valence-corrected chi connectivity index (χ2v) is 3.27. The van der Waals surface area contributed by atoms with Crippen LogP contribution in [-0.2, 0) is 4.79 Å². The fourth-order valence-corrected chi connectivity index (χ4v) is 1.18. The van der Waals surface area contributed by atoms with Gasteiger partial charge in [-0.1, -0.05) is 30.5 Å². The standard InChI is InChI=1S/C10H17ClO/c1-10(12)8-6-4-2-3-5-7-9-11/h7,9H,2-6,8H2,1H3. The summed E-state index contributed by atoms with van der Waals surface area (Å²) in [6, 6.07) is 0. The normalized spacial score (nSPS) is 10.8. The molecule has 0 aromatic heterocycles. The molecule has 0 aliphatic rings. The van der Waals surface area contributed by atoms with Crippen molar-refractivity contribution < 1.29 is 4.79 Å². The van der Waals surface area contributed by atoms with Crippen LogP contribution in [-0.4, -0.2) is 5.78 Å². The van der Waals surface area contributed by atoms with Gasteiger partial charge < -0.3 is 4.79 Å². The van der Waals surface area contributed by atoms with Crippen LogP contribution < -0.4 is 0 Å². The monoisotopic (exact) mass is 188 g/mol.